The van der Waals surface area contributed by atoms with E-state index < -0.39 is 10.2 Å². The Morgan fingerprint density at radius 3 is 2.41 bits per heavy atom. The van der Waals surface area contributed by atoms with E-state index in [1.165, 1.54) is 12.8 Å². The third kappa shape index (κ3) is 3.40. The van der Waals surface area contributed by atoms with Gasteiger partial charge in [-0.25, -0.2) is 4.72 Å². The van der Waals surface area contributed by atoms with Gasteiger partial charge in [0.05, 0.1) is 0 Å². The molecule has 0 amide bonds. The molecule has 0 atom stereocenters. The lowest BCUT2D eigenvalue weighted by molar-refractivity contribution is 0.318. The Morgan fingerprint density at radius 1 is 1.24 bits per heavy atom. The molecular formula is C11H23N3O2S. The van der Waals surface area contributed by atoms with Gasteiger partial charge in [-0.3, -0.25) is 0 Å². The molecule has 100 valence electrons. The van der Waals surface area contributed by atoms with Gasteiger partial charge in [0.15, 0.2) is 0 Å². The summed E-state index contributed by atoms with van der Waals surface area (Å²) >= 11 is 0. The first-order valence-corrected chi connectivity index (χ1v) is 7.91. The molecule has 1 aliphatic heterocycles. The fourth-order valence-electron chi connectivity index (χ4n) is 2.65. The highest BCUT2D eigenvalue weighted by Gasteiger charge is 2.31. The molecule has 0 bridgehead atoms. The van der Waals surface area contributed by atoms with E-state index in [-0.39, 0.29) is 5.41 Å². The maximum Gasteiger partial charge on any atom is 0.279 e. The van der Waals surface area contributed by atoms with Gasteiger partial charge < -0.3 is 5.32 Å². The normalized spacial score (nSPS) is 26.2. The molecule has 0 spiro atoms. The standard InChI is InChI=1S/C11H23N3O2S/c1-11(4-2-3-5-11)10-13-17(15,16)14-8-6-12-7-9-14/h12-13H,2-10H2,1H3. The molecule has 2 rings (SSSR count). The maximum absolute atomic E-state index is 12.1. The van der Waals surface area contributed by atoms with Gasteiger partial charge >= 0.3 is 0 Å². The molecule has 1 saturated heterocycles. The van der Waals surface area contributed by atoms with Crippen molar-refractivity contribution in [2.75, 3.05) is 32.7 Å². The molecule has 0 radical (unpaired) electrons. The number of piperazine rings is 1. The van der Waals surface area contributed by atoms with Crippen LogP contribution in [0.3, 0.4) is 0 Å². The number of nitrogens with one attached hydrogen (secondary N) is 2. The van der Waals surface area contributed by atoms with E-state index in [0.717, 1.165) is 25.9 Å². The Morgan fingerprint density at radius 2 is 1.82 bits per heavy atom. The topological polar surface area (TPSA) is 61.4 Å². The maximum atomic E-state index is 12.1. The molecule has 0 aromatic heterocycles. The predicted molar refractivity (Wildman–Crippen MR) is 67.9 cm³/mol. The van der Waals surface area contributed by atoms with Gasteiger partial charge in [-0.15, -0.1) is 0 Å². The molecule has 1 heterocycles. The van der Waals surface area contributed by atoms with Crippen molar-refractivity contribution in [3.63, 3.8) is 0 Å². The number of hydrogen-bond acceptors (Lipinski definition) is 3. The lowest BCUT2D eigenvalue weighted by atomic mass is 9.89. The van der Waals surface area contributed by atoms with E-state index in [0.29, 0.717) is 19.6 Å². The molecule has 1 saturated carbocycles. The molecule has 0 aromatic carbocycles. The lowest BCUT2D eigenvalue weighted by Crippen LogP contribution is -2.51. The van der Waals surface area contributed by atoms with Gasteiger partial charge in [-0.1, -0.05) is 19.8 Å². The summed E-state index contributed by atoms with van der Waals surface area (Å²) in [5, 5.41) is 3.16. The van der Waals surface area contributed by atoms with Crippen LogP contribution in [0.1, 0.15) is 32.6 Å². The smallest absolute Gasteiger partial charge is 0.279 e. The molecule has 2 fully saturated rings. The molecule has 2 aliphatic rings. The second kappa shape index (κ2) is 5.22. The Balaban J connectivity index is 1.88. The van der Waals surface area contributed by atoms with E-state index in [1.807, 2.05) is 0 Å². The SMILES string of the molecule is CC1(CNS(=O)(=O)N2CCNCC2)CCCC1. The average Bonchev–Trinajstić information content (AvgIpc) is 2.76. The summed E-state index contributed by atoms with van der Waals surface area (Å²) in [6.45, 7) is 5.41. The highest BCUT2D eigenvalue weighted by Crippen LogP contribution is 2.36. The third-order valence-electron chi connectivity index (χ3n) is 3.91. The summed E-state index contributed by atoms with van der Waals surface area (Å²) in [4.78, 5) is 0. The quantitative estimate of drug-likeness (QED) is 0.765. The first kappa shape index (κ1) is 13.3. The van der Waals surface area contributed by atoms with Crippen LogP contribution in [-0.4, -0.2) is 45.4 Å². The van der Waals surface area contributed by atoms with E-state index in [4.69, 9.17) is 0 Å². The molecule has 0 aromatic rings. The Hall–Kier alpha value is -0.170. The average molecular weight is 261 g/mol. The van der Waals surface area contributed by atoms with E-state index in [9.17, 15) is 8.42 Å². The highest BCUT2D eigenvalue weighted by atomic mass is 32.2. The molecule has 0 unspecified atom stereocenters. The van der Waals surface area contributed by atoms with Crippen molar-refractivity contribution in [2.45, 2.75) is 32.6 Å². The highest BCUT2D eigenvalue weighted by molar-refractivity contribution is 7.87. The largest absolute Gasteiger partial charge is 0.314 e. The van der Waals surface area contributed by atoms with Crippen molar-refractivity contribution in [3.05, 3.63) is 0 Å². The van der Waals surface area contributed by atoms with Crippen molar-refractivity contribution in [1.82, 2.24) is 14.3 Å². The summed E-state index contributed by atoms with van der Waals surface area (Å²) in [7, 11) is -3.27. The zero-order valence-electron chi connectivity index (χ0n) is 10.5. The van der Waals surface area contributed by atoms with Crippen molar-refractivity contribution in [2.24, 2.45) is 5.41 Å². The van der Waals surface area contributed by atoms with Crippen LogP contribution < -0.4 is 10.0 Å². The van der Waals surface area contributed by atoms with Crippen LogP contribution in [0.2, 0.25) is 0 Å². The fourth-order valence-corrected chi connectivity index (χ4v) is 4.02. The van der Waals surface area contributed by atoms with Crippen LogP contribution in [0.4, 0.5) is 0 Å². The third-order valence-corrected chi connectivity index (χ3v) is 5.46. The van der Waals surface area contributed by atoms with E-state index in [1.54, 1.807) is 4.31 Å². The zero-order chi connectivity index (χ0) is 12.4. The Labute approximate surface area is 104 Å². The van der Waals surface area contributed by atoms with Gasteiger partial charge in [-0.2, -0.15) is 12.7 Å². The van der Waals surface area contributed by atoms with Crippen molar-refractivity contribution in [1.29, 1.82) is 0 Å². The summed E-state index contributed by atoms with van der Waals surface area (Å²) in [5.41, 5.74) is 0.168. The molecule has 6 heteroatoms. The minimum absolute atomic E-state index is 0.168. The first-order valence-electron chi connectivity index (χ1n) is 6.47. The Kier molecular flexibility index (Phi) is 4.07. The number of nitrogens with zero attached hydrogens (tertiary/aromatic N) is 1. The minimum Gasteiger partial charge on any atom is -0.314 e. The van der Waals surface area contributed by atoms with Crippen molar-refractivity contribution < 1.29 is 8.42 Å². The van der Waals surface area contributed by atoms with Gasteiger partial charge in [0.2, 0.25) is 0 Å². The summed E-state index contributed by atoms with van der Waals surface area (Å²) < 4.78 is 28.5. The Bertz CT molecular complexity index is 344. The van der Waals surface area contributed by atoms with Gasteiger partial charge in [0, 0.05) is 32.7 Å². The van der Waals surface area contributed by atoms with Crippen molar-refractivity contribution >= 4 is 10.2 Å². The number of rotatable bonds is 4. The first-order chi connectivity index (χ1) is 8.02. The molecular weight excluding hydrogens is 238 g/mol. The van der Waals surface area contributed by atoms with Crippen LogP contribution >= 0.6 is 0 Å². The molecule has 5 nitrogen and oxygen atoms in total. The monoisotopic (exact) mass is 261 g/mol. The van der Waals surface area contributed by atoms with Crippen LogP contribution in [0.5, 0.6) is 0 Å². The van der Waals surface area contributed by atoms with Gasteiger partial charge in [0.1, 0.15) is 0 Å². The summed E-state index contributed by atoms with van der Waals surface area (Å²) in [6.07, 6.45) is 4.73. The summed E-state index contributed by atoms with van der Waals surface area (Å²) in [6, 6.07) is 0. The summed E-state index contributed by atoms with van der Waals surface area (Å²) in [5.74, 6) is 0. The molecule has 1 aliphatic carbocycles. The van der Waals surface area contributed by atoms with E-state index >= 15 is 0 Å². The van der Waals surface area contributed by atoms with Gasteiger partial charge in [0.25, 0.3) is 10.2 Å². The van der Waals surface area contributed by atoms with Gasteiger partial charge in [-0.05, 0) is 18.3 Å². The fraction of sp³-hybridized carbons (Fsp3) is 1.00. The van der Waals surface area contributed by atoms with Crippen LogP contribution in [-0.2, 0) is 10.2 Å². The minimum atomic E-state index is -3.27. The predicted octanol–water partition coefficient (Wildman–Crippen LogP) is 0.306. The van der Waals surface area contributed by atoms with Crippen molar-refractivity contribution in [3.8, 4) is 0 Å². The van der Waals surface area contributed by atoms with E-state index in [2.05, 4.69) is 17.0 Å². The molecule has 17 heavy (non-hydrogen) atoms. The lowest BCUT2D eigenvalue weighted by Gasteiger charge is -2.29. The van der Waals surface area contributed by atoms with Crippen LogP contribution in [0.25, 0.3) is 0 Å². The second-order valence-corrected chi connectivity index (χ2v) is 7.25. The van der Waals surface area contributed by atoms with Crippen LogP contribution in [0, 0.1) is 5.41 Å². The zero-order valence-corrected chi connectivity index (χ0v) is 11.4. The van der Waals surface area contributed by atoms with Crippen LogP contribution in [0.15, 0.2) is 0 Å². The second-order valence-electron chi connectivity index (χ2n) is 5.49. The molecule has 2 N–H and O–H groups in total. The number of hydrogen-bond donors (Lipinski definition) is 2.